The minimum absolute atomic E-state index is 0.140. The Bertz CT molecular complexity index is 695. The van der Waals surface area contributed by atoms with E-state index in [9.17, 15) is 9.90 Å². The molecular weight excluding hydrogens is 326 g/mol. The molecule has 20 heavy (non-hydrogen) atoms. The van der Waals surface area contributed by atoms with Gasteiger partial charge in [0.1, 0.15) is 5.69 Å². The Hall–Kier alpha value is -1.63. The maximum absolute atomic E-state index is 11.3. The van der Waals surface area contributed by atoms with Crippen LogP contribution in [0, 0.1) is 11.3 Å². The van der Waals surface area contributed by atoms with Gasteiger partial charge in [0.05, 0.1) is 28.4 Å². The number of furan rings is 1. The SMILES string of the molecule is O=C(O)[C@@]12CC[C@H](n3cc(-c4occc4Br)nn3)[C@@H]1C2. The quantitative estimate of drug-likeness (QED) is 0.931. The van der Waals surface area contributed by atoms with Gasteiger partial charge in [-0.25, -0.2) is 4.68 Å². The zero-order valence-electron chi connectivity index (χ0n) is 10.5. The molecule has 2 aromatic heterocycles. The average Bonchev–Trinajstić information content (AvgIpc) is 2.81. The van der Waals surface area contributed by atoms with E-state index < -0.39 is 11.4 Å². The number of hydrogen-bond acceptors (Lipinski definition) is 4. The van der Waals surface area contributed by atoms with Gasteiger partial charge in [0.15, 0.2) is 5.76 Å². The predicted octanol–water partition coefficient (Wildman–Crippen LogP) is 2.73. The van der Waals surface area contributed by atoms with E-state index >= 15 is 0 Å². The first-order chi connectivity index (χ1) is 9.62. The summed E-state index contributed by atoms with van der Waals surface area (Å²) in [5.74, 6) is 0.170. The molecule has 2 saturated carbocycles. The largest absolute Gasteiger partial charge is 0.481 e. The summed E-state index contributed by atoms with van der Waals surface area (Å²) in [6.07, 6.45) is 5.76. The monoisotopic (exact) mass is 337 g/mol. The standard InChI is InChI=1S/C13H12BrN3O3/c14-8-2-4-20-11(8)9-6-17(16-15-9)10-1-3-13(12(18)19)5-7(10)13/h2,4,6-7,10H,1,3,5H2,(H,18,19)/t7-,10-,13+/m0/s1. The third kappa shape index (κ3) is 1.52. The molecule has 0 aliphatic heterocycles. The number of rotatable bonds is 3. The van der Waals surface area contributed by atoms with Crippen LogP contribution in [0.25, 0.3) is 11.5 Å². The van der Waals surface area contributed by atoms with E-state index in [0.29, 0.717) is 11.5 Å². The number of carboxylic acid groups (broad SMARTS) is 1. The molecule has 0 aromatic carbocycles. The van der Waals surface area contributed by atoms with Crippen LogP contribution in [-0.4, -0.2) is 26.1 Å². The molecule has 4 rings (SSSR count). The Morgan fingerprint density at radius 2 is 2.45 bits per heavy atom. The fraction of sp³-hybridized carbons (Fsp3) is 0.462. The molecule has 0 bridgehead atoms. The van der Waals surface area contributed by atoms with Gasteiger partial charge in [-0.1, -0.05) is 5.21 Å². The highest BCUT2D eigenvalue weighted by Gasteiger charge is 2.67. The Balaban J connectivity index is 1.62. The van der Waals surface area contributed by atoms with E-state index in [1.54, 1.807) is 17.0 Å². The van der Waals surface area contributed by atoms with Crippen molar-refractivity contribution in [2.45, 2.75) is 25.3 Å². The summed E-state index contributed by atoms with van der Waals surface area (Å²) in [5, 5.41) is 17.6. The molecular formula is C13H12BrN3O3. The van der Waals surface area contributed by atoms with E-state index in [1.807, 2.05) is 6.20 Å². The van der Waals surface area contributed by atoms with E-state index in [2.05, 4.69) is 26.2 Å². The van der Waals surface area contributed by atoms with Gasteiger partial charge in [-0.05, 0) is 47.2 Å². The number of fused-ring (bicyclic) bond motifs is 1. The van der Waals surface area contributed by atoms with E-state index in [4.69, 9.17) is 4.42 Å². The van der Waals surface area contributed by atoms with Crippen molar-refractivity contribution in [1.29, 1.82) is 0 Å². The molecule has 0 spiro atoms. The Kier molecular flexibility index (Phi) is 2.39. The van der Waals surface area contributed by atoms with E-state index in [1.165, 1.54) is 0 Å². The average molecular weight is 338 g/mol. The van der Waals surface area contributed by atoms with Crippen LogP contribution in [0.3, 0.4) is 0 Å². The molecule has 2 heterocycles. The second kappa shape index (κ2) is 3.94. The summed E-state index contributed by atoms with van der Waals surface area (Å²) >= 11 is 3.39. The van der Waals surface area contributed by atoms with Crippen LogP contribution in [0.2, 0.25) is 0 Å². The molecule has 0 radical (unpaired) electrons. The minimum Gasteiger partial charge on any atom is -0.481 e. The molecule has 6 nitrogen and oxygen atoms in total. The lowest BCUT2D eigenvalue weighted by molar-refractivity contribution is -0.143. The molecule has 0 unspecified atom stereocenters. The number of carboxylic acids is 1. The molecule has 7 heteroatoms. The number of halogens is 1. The highest BCUT2D eigenvalue weighted by molar-refractivity contribution is 9.10. The zero-order chi connectivity index (χ0) is 13.9. The lowest BCUT2D eigenvalue weighted by atomic mass is 10.1. The highest BCUT2D eigenvalue weighted by atomic mass is 79.9. The first-order valence-electron chi connectivity index (χ1n) is 6.50. The topological polar surface area (TPSA) is 81.1 Å². The van der Waals surface area contributed by atoms with Crippen LogP contribution in [0.15, 0.2) is 27.4 Å². The second-order valence-electron chi connectivity index (χ2n) is 5.56. The first kappa shape index (κ1) is 12.1. The molecule has 2 aliphatic rings. The molecule has 3 atom stereocenters. The van der Waals surface area contributed by atoms with Gasteiger partial charge in [0, 0.05) is 0 Å². The fourth-order valence-electron chi connectivity index (χ4n) is 3.42. The highest BCUT2D eigenvalue weighted by Crippen LogP contribution is 2.67. The van der Waals surface area contributed by atoms with Crippen molar-refractivity contribution in [3.05, 3.63) is 23.0 Å². The van der Waals surface area contributed by atoms with Crippen LogP contribution < -0.4 is 0 Å². The Morgan fingerprint density at radius 3 is 3.05 bits per heavy atom. The third-order valence-corrected chi connectivity index (χ3v) is 5.23. The van der Waals surface area contributed by atoms with Crippen molar-refractivity contribution in [2.75, 3.05) is 0 Å². The van der Waals surface area contributed by atoms with Crippen LogP contribution in [0.1, 0.15) is 25.3 Å². The number of carbonyl (C=O) groups is 1. The molecule has 1 N–H and O–H groups in total. The normalized spacial score (nSPS) is 31.2. The van der Waals surface area contributed by atoms with E-state index in [0.717, 1.165) is 23.7 Å². The lowest BCUT2D eigenvalue weighted by Crippen LogP contribution is -2.14. The summed E-state index contributed by atoms with van der Waals surface area (Å²) < 4.78 is 8.00. The smallest absolute Gasteiger partial charge is 0.310 e. The molecule has 2 aromatic rings. The molecule has 104 valence electrons. The molecule has 2 aliphatic carbocycles. The van der Waals surface area contributed by atoms with Gasteiger partial charge >= 0.3 is 5.97 Å². The van der Waals surface area contributed by atoms with Crippen LogP contribution in [0.4, 0.5) is 0 Å². The van der Waals surface area contributed by atoms with Crippen molar-refractivity contribution in [1.82, 2.24) is 15.0 Å². The van der Waals surface area contributed by atoms with Crippen molar-refractivity contribution < 1.29 is 14.3 Å². The lowest BCUT2D eigenvalue weighted by Gasteiger charge is -2.09. The Labute approximate surface area is 122 Å². The molecule has 2 fully saturated rings. The summed E-state index contributed by atoms with van der Waals surface area (Å²) in [4.78, 5) is 11.3. The van der Waals surface area contributed by atoms with Gasteiger partial charge in [0.25, 0.3) is 0 Å². The third-order valence-electron chi connectivity index (χ3n) is 4.61. The fourth-order valence-corrected chi connectivity index (χ4v) is 3.83. The predicted molar refractivity (Wildman–Crippen MR) is 71.9 cm³/mol. The van der Waals surface area contributed by atoms with Gasteiger partial charge in [-0.15, -0.1) is 5.10 Å². The van der Waals surface area contributed by atoms with Gasteiger partial charge < -0.3 is 9.52 Å². The van der Waals surface area contributed by atoms with Crippen molar-refractivity contribution in [3.63, 3.8) is 0 Å². The number of nitrogens with zero attached hydrogens (tertiary/aromatic N) is 3. The van der Waals surface area contributed by atoms with Crippen LogP contribution in [0.5, 0.6) is 0 Å². The summed E-state index contributed by atoms with van der Waals surface area (Å²) in [5.41, 5.74) is 0.164. The van der Waals surface area contributed by atoms with Gasteiger partial charge in [-0.3, -0.25) is 4.79 Å². The number of aromatic nitrogens is 3. The van der Waals surface area contributed by atoms with Gasteiger partial charge in [0.2, 0.25) is 0 Å². The van der Waals surface area contributed by atoms with Gasteiger partial charge in [-0.2, -0.15) is 0 Å². The maximum Gasteiger partial charge on any atom is 0.310 e. The number of aliphatic carboxylic acids is 1. The zero-order valence-corrected chi connectivity index (χ0v) is 12.1. The summed E-state index contributed by atoms with van der Waals surface area (Å²) in [7, 11) is 0. The minimum atomic E-state index is -0.667. The van der Waals surface area contributed by atoms with Crippen LogP contribution in [-0.2, 0) is 4.79 Å². The summed E-state index contributed by atoms with van der Waals surface area (Å²) in [6, 6.07) is 1.95. The number of hydrogen-bond donors (Lipinski definition) is 1. The first-order valence-corrected chi connectivity index (χ1v) is 7.30. The Morgan fingerprint density at radius 1 is 1.60 bits per heavy atom. The molecule has 0 amide bonds. The van der Waals surface area contributed by atoms with Crippen molar-refractivity contribution in [3.8, 4) is 11.5 Å². The maximum atomic E-state index is 11.3. The molecule has 0 saturated heterocycles. The second-order valence-corrected chi connectivity index (χ2v) is 6.41. The van der Waals surface area contributed by atoms with Crippen molar-refractivity contribution >= 4 is 21.9 Å². The van der Waals surface area contributed by atoms with Crippen molar-refractivity contribution in [2.24, 2.45) is 11.3 Å². The summed E-state index contributed by atoms with van der Waals surface area (Å²) in [6.45, 7) is 0. The van der Waals surface area contributed by atoms with E-state index in [-0.39, 0.29) is 12.0 Å². The van der Waals surface area contributed by atoms with Crippen LogP contribution >= 0.6 is 15.9 Å².